The van der Waals surface area contributed by atoms with Gasteiger partial charge in [0.25, 0.3) is 0 Å². The summed E-state index contributed by atoms with van der Waals surface area (Å²) in [5.41, 5.74) is 3.72. The fraction of sp³-hybridized carbons (Fsp3) is 0.125. The standard InChI is InChI=1S/C16H14N2OS.Rb/c1-10-3-4-12-9-18-13-8-11(16(19)17-2)5-6-14(13)20-15(12)7-10;/h3-9H,1-2H3,(H,17,19);/q;+1/p-1. The Morgan fingerprint density at radius 3 is 2.71 bits per heavy atom. The molecule has 1 aliphatic heterocycles. The smallest absolute Gasteiger partial charge is 0.652 e. The summed E-state index contributed by atoms with van der Waals surface area (Å²) in [7, 11) is 1.50. The molecule has 1 aliphatic rings. The summed E-state index contributed by atoms with van der Waals surface area (Å²) in [6.07, 6.45) is 1.85. The molecule has 2 aromatic carbocycles. The van der Waals surface area contributed by atoms with Crippen LogP contribution in [0.4, 0.5) is 5.69 Å². The van der Waals surface area contributed by atoms with E-state index in [1.54, 1.807) is 23.9 Å². The molecule has 3 rings (SSSR count). The third kappa shape index (κ3) is 3.74. The van der Waals surface area contributed by atoms with Gasteiger partial charge in [-0.2, -0.15) is 0 Å². The van der Waals surface area contributed by atoms with E-state index in [2.05, 4.69) is 35.4 Å². The van der Waals surface area contributed by atoms with E-state index in [1.165, 1.54) is 17.5 Å². The van der Waals surface area contributed by atoms with Crippen LogP contribution in [0, 0.1) is 6.92 Å². The number of aryl methyl sites for hydroxylation is 1. The minimum absolute atomic E-state index is 0. The van der Waals surface area contributed by atoms with Crippen molar-refractivity contribution in [3.63, 3.8) is 0 Å². The quantitative estimate of drug-likeness (QED) is 0.652. The number of hydrogen-bond acceptors (Lipinski definition) is 3. The zero-order chi connectivity index (χ0) is 14.1. The van der Waals surface area contributed by atoms with Gasteiger partial charge in [-0.15, -0.1) is 7.05 Å². The van der Waals surface area contributed by atoms with Gasteiger partial charge in [0.15, 0.2) is 0 Å². The number of carbonyl (C=O) groups is 1. The molecule has 2 aromatic rings. The van der Waals surface area contributed by atoms with Crippen LogP contribution in [-0.2, 0) is 0 Å². The van der Waals surface area contributed by atoms with Gasteiger partial charge in [-0.05, 0) is 30.7 Å². The maximum atomic E-state index is 11.6. The SMILES string of the molecule is C[N-]C(=O)c1ccc2c(c1)N=Cc1ccc(C)cc1S2.[Rb+]. The van der Waals surface area contributed by atoms with Crippen molar-refractivity contribution in [2.75, 3.05) is 7.05 Å². The second-order valence-corrected chi connectivity index (χ2v) is 5.70. The molecule has 0 saturated carbocycles. The summed E-state index contributed by atoms with van der Waals surface area (Å²) in [5, 5.41) is 3.68. The Morgan fingerprint density at radius 1 is 1.14 bits per heavy atom. The minimum Gasteiger partial charge on any atom is -0.652 e. The summed E-state index contributed by atoms with van der Waals surface area (Å²) >= 11 is 1.68. The van der Waals surface area contributed by atoms with E-state index in [4.69, 9.17) is 0 Å². The maximum absolute atomic E-state index is 11.6. The van der Waals surface area contributed by atoms with Crippen molar-refractivity contribution in [1.29, 1.82) is 0 Å². The van der Waals surface area contributed by atoms with Crippen molar-refractivity contribution in [2.24, 2.45) is 4.99 Å². The van der Waals surface area contributed by atoms with E-state index >= 15 is 0 Å². The average molecular weight is 367 g/mol. The summed E-state index contributed by atoms with van der Waals surface area (Å²) in [4.78, 5) is 18.4. The van der Waals surface area contributed by atoms with Crippen molar-refractivity contribution in [3.05, 3.63) is 58.4 Å². The van der Waals surface area contributed by atoms with Crippen LogP contribution in [0.1, 0.15) is 21.5 Å². The van der Waals surface area contributed by atoms with Crippen LogP contribution in [-0.4, -0.2) is 19.2 Å². The minimum atomic E-state index is -0.217. The van der Waals surface area contributed by atoms with Crippen LogP contribution in [0.5, 0.6) is 0 Å². The Morgan fingerprint density at radius 2 is 1.95 bits per heavy atom. The molecule has 0 unspecified atom stereocenters. The summed E-state index contributed by atoms with van der Waals surface area (Å²) in [5.74, 6) is -0.217. The Balaban J connectivity index is 0.00000161. The normalized spacial score (nSPS) is 11.7. The van der Waals surface area contributed by atoms with Crippen LogP contribution in [0.3, 0.4) is 0 Å². The van der Waals surface area contributed by atoms with Gasteiger partial charge in [-0.1, -0.05) is 30.0 Å². The second kappa shape index (κ2) is 7.33. The van der Waals surface area contributed by atoms with Crippen LogP contribution < -0.4 is 58.2 Å². The maximum Gasteiger partial charge on any atom is 1.00 e. The van der Waals surface area contributed by atoms with Crippen LogP contribution >= 0.6 is 11.8 Å². The van der Waals surface area contributed by atoms with Gasteiger partial charge in [-0.25, -0.2) is 0 Å². The van der Waals surface area contributed by atoms with Crippen LogP contribution in [0.2, 0.25) is 0 Å². The molecule has 3 nitrogen and oxygen atoms in total. The summed E-state index contributed by atoms with van der Waals surface area (Å²) in [6, 6.07) is 11.8. The molecule has 21 heavy (non-hydrogen) atoms. The topological polar surface area (TPSA) is 43.5 Å². The molecule has 1 heterocycles. The predicted molar refractivity (Wildman–Crippen MR) is 82.6 cm³/mol. The Bertz CT molecular complexity index is 728. The largest absolute Gasteiger partial charge is 1.00 e. The van der Waals surface area contributed by atoms with Crippen molar-refractivity contribution < 1.29 is 63.0 Å². The van der Waals surface area contributed by atoms with Gasteiger partial charge in [0, 0.05) is 27.1 Å². The molecule has 0 aliphatic carbocycles. The summed E-state index contributed by atoms with van der Waals surface area (Å²) < 4.78 is 0. The van der Waals surface area contributed by atoms with Crippen molar-refractivity contribution in [1.82, 2.24) is 0 Å². The van der Waals surface area contributed by atoms with Gasteiger partial charge in [0.2, 0.25) is 0 Å². The Kier molecular flexibility index (Phi) is 5.97. The molecule has 0 radical (unpaired) electrons. The third-order valence-corrected chi connectivity index (χ3v) is 4.28. The Labute approximate surface area is 177 Å². The number of amides is 1. The average Bonchev–Trinajstić information content (AvgIpc) is 2.64. The Hall–Kier alpha value is -0.265. The molecule has 100 valence electrons. The monoisotopic (exact) mass is 366 g/mol. The number of carbonyl (C=O) groups excluding carboxylic acids is 1. The molecule has 5 heteroatoms. The number of nitrogens with zero attached hydrogens (tertiary/aromatic N) is 2. The molecule has 0 N–H and O–H groups in total. The zero-order valence-corrected chi connectivity index (χ0v) is 18.0. The van der Waals surface area contributed by atoms with Crippen molar-refractivity contribution in [3.8, 4) is 0 Å². The molecular formula is C16H13N2ORbS. The number of hydrogen-bond donors (Lipinski definition) is 0. The molecular weight excluding hydrogens is 354 g/mol. The summed E-state index contributed by atoms with van der Waals surface area (Å²) in [6.45, 7) is 2.08. The van der Waals surface area contributed by atoms with E-state index in [-0.39, 0.29) is 64.1 Å². The van der Waals surface area contributed by atoms with Gasteiger partial charge in [0.05, 0.1) is 11.6 Å². The van der Waals surface area contributed by atoms with Gasteiger partial charge < -0.3 is 10.1 Å². The predicted octanol–water partition coefficient (Wildman–Crippen LogP) is 1.36. The number of benzene rings is 2. The molecule has 0 fully saturated rings. The van der Waals surface area contributed by atoms with E-state index in [1.807, 2.05) is 12.3 Å². The van der Waals surface area contributed by atoms with Gasteiger partial charge in [0.1, 0.15) is 0 Å². The molecule has 0 spiro atoms. The first-order valence-electron chi connectivity index (χ1n) is 6.28. The number of aliphatic imine (C=N–C) groups is 1. The molecule has 0 aromatic heterocycles. The van der Waals surface area contributed by atoms with Crippen LogP contribution in [0.15, 0.2) is 51.2 Å². The number of fused-ring (bicyclic) bond motifs is 2. The second-order valence-electron chi connectivity index (χ2n) is 4.61. The van der Waals surface area contributed by atoms with Crippen LogP contribution in [0.25, 0.3) is 5.32 Å². The molecule has 1 amide bonds. The fourth-order valence-corrected chi connectivity index (χ4v) is 3.13. The first-order valence-corrected chi connectivity index (χ1v) is 7.10. The van der Waals surface area contributed by atoms with E-state index in [0.29, 0.717) is 5.56 Å². The first kappa shape index (κ1) is 17.1. The van der Waals surface area contributed by atoms with Gasteiger partial charge in [-0.3, -0.25) is 4.99 Å². The first-order chi connectivity index (χ1) is 9.67. The molecule has 0 bridgehead atoms. The third-order valence-electron chi connectivity index (χ3n) is 3.14. The molecule has 0 saturated heterocycles. The fourth-order valence-electron chi connectivity index (χ4n) is 2.06. The van der Waals surface area contributed by atoms with E-state index in [0.717, 1.165) is 16.1 Å². The number of rotatable bonds is 1. The van der Waals surface area contributed by atoms with Crippen molar-refractivity contribution in [2.45, 2.75) is 16.7 Å². The van der Waals surface area contributed by atoms with E-state index < -0.39 is 0 Å². The van der Waals surface area contributed by atoms with E-state index in [9.17, 15) is 4.79 Å². The van der Waals surface area contributed by atoms with Gasteiger partial charge >= 0.3 is 58.2 Å². The van der Waals surface area contributed by atoms with Crippen molar-refractivity contribution >= 4 is 29.6 Å². The molecule has 0 atom stereocenters. The zero-order valence-electron chi connectivity index (χ0n) is 12.3.